The highest BCUT2D eigenvalue weighted by Gasteiger charge is 2.22. The summed E-state index contributed by atoms with van der Waals surface area (Å²) in [6, 6.07) is 13.9. The molecule has 2 heterocycles. The second-order valence-electron chi connectivity index (χ2n) is 11.6. The predicted molar refractivity (Wildman–Crippen MR) is 202 cm³/mol. The number of hydrogen-bond donors (Lipinski definition) is 6. The average molecular weight is 841 g/mol. The van der Waals surface area contributed by atoms with Crippen molar-refractivity contribution in [1.82, 2.24) is 9.97 Å². The van der Waals surface area contributed by atoms with E-state index >= 15 is 0 Å². The molecule has 0 spiro atoms. The van der Waals surface area contributed by atoms with E-state index in [0.717, 1.165) is 48.8 Å². The van der Waals surface area contributed by atoms with Crippen LogP contribution in [0.15, 0.2) is 115 Å². The molecule has 0 atom stereocenters. The molecule has 0 aliphatic heterocycles. The molecule has 0 unspecified atom stereocenters. The second kappa shape index (κ2) is 14.6. The summed E-state index contributed by atoms with van der Waals surface area (Å²) in [7, 11) is -19.5. The fraction of sp³-hybridized carbons (Fsp3) is 0. The number of aliphatic imine (C=N–C) groups is 2. The molecule has 0 saturated heterocycles. The molecule has 2 aromatic heterocycles. The van der Waals surface area contributed by atoms with Gasteiger partial charge in [0, 0.05) is 46.7 Å². The summed E-state index contributed by atoms with van der Waals surface area (Å²) in [5.41, 5.74) is -1.41. The predicted octanol–water partition coefficient (Wildman–Crippen LogP) is 4.85. The molecule has 0 saturated carbocycles. The smallest absolute Gasteiger partial charge is 0.295 e. The first-order chi connectivity index (χ1) is 26.1. The molecule has 0 amide bonds. The molecule has 4 aromatic carbocycles. The number of phenols is 2. The molecular weight excluding hydrogens is 817 g/mol. The minimum Gasteiger partial charge on any atom is -0.505 e. The molecule has 6 N–H and O–H groups in total. The van der Waals surface area contributed by atoms with Crippen molar-refractivity contribution in [1.29, 1.82) is 0 Å². The lowest BCUT2D eigenvalue weighted by Crippen LogP contribution is -2.02. The average Bonchev–Trinajstić information content (AvgIpc) is 3.12. The lowest BCUT2D eigenvalue weighted by molar-refractivity contribution is 0.475. The Balaban J connectivity index is 1.35. The maximum Gasteiger partial charge on any atom is 0.295 e. The van der Waals surface area contributed by atoms with Gasteiger partial charge >= 0.3 is 0 Å². The summed E-state index contributed by atoms with van der Waals surface area (Å²) in [6.45, 7) is 0. The zero-order valence-electron chi connectivity index (χ0n) is 27.8. The van der Waals surface area contributed by atoms with Crippen LogP contribution in [0.2, 0.25) is 0 Å². The van der Waals surface area contributed by atoms with Crippen LogP contribution in [0, 0.1) is 0 Å². The third-order valence-corrected chi connectivity index (χ3v) is 11.6. The molecule has 0 aliphatic rings. The molecule has 18 nitrogen and oxygen atoms in total. The van der Waals surface area contributed by atoms with Gasteiger partial charge in [-0.05, 0) is 71.8 Å². The van der Waals surface area contributed by atoms with Gasteiger partial charge in [0.2, 0.25) is 0 Å². The van der Waals surface area contributed by atoms with Crippen molar-refractivity contribution in [3.63, 3.8) is 0 Å². The van der Waals surface area contributed by atoms with E-state index in [1.807, 2.05) is 0 Å². The normalized spacial score (nSPS) is 13.1. The Hall–Kier alpha value is -5.98. The second-order valence-corrected chi connectivity index (χ2v) is 17.2. The Bertz CT molecular complexity index is 2950. The number of benzene rings is 4. The van der Waals surface area contributed by atoms with Crippen molar-refractivity contribution in [3.05, 3.63) is 107 Å². The molecule has 0 bridgehead atoms. The number of nitrogens with zero attached hydrogens (tertiary/aromatic N) is 4. The maximum atomic E-state index is 12.4. The first-order valence-corrected chi connectivity index (χ1v) is 21.0. The topological polar surface area (TPSA) is 308 Å². The van der Waals surface area contributed by atoms with Crippen LogP contribution in [-0.2, 0) is 40.5 Å². The van der Waals surface area contributed by atoms with Crippen molar-refractivity contribution in [3.8, 4) is 11.5 Å². The number of pyridine rings is 2. The van der Waals surface area contributed by atoms with Crippen LogP contribution in [0.3, 0.4) is 0 Å². The van der Waals surface area contributed by atoms with Gasteiger partial charge in [-0.25, -0.2) is 0 Å². The van der Waals surface area contributed by atoms with Crippen LogP contribution in [0.4, 0.5) is 11.4 Å². The number of aromatic hydroxyl groups is 2. The van der Waals surface area contributed by atoms with Crippen molar-refractivity contribution in [2.75, 3.05) is 0 Å². The number of hydrogen-bond acceptors (Lipinski definition) is 14. The summed E-state index contributed by atoms with van der Waals surface area (Å²) < 4.78 is 137. The molecule has 0 radical (unpaired) electrons. The Morgan fingerprint density at radius 1 is 0.464 bits per heavy atom. The highest BCUT2D eigenvalue weighted by atomic mass is 32.2. The quantitative estimate of drug-likeness (QED) is 0.0610. The van der Waals surface area contributed by atoms with Gasteiger partial charge in [0.05, 0.1) is 11.4 Å². The highest BCUT2D eigenvalue weighted by molar-refractivity contribution is 7.86. The zero-order chi connectivity index (χ0) is 40.8. The zero-order valence-corrected chi connectivity index (χ0v) is 31.0. The summed E-state index contributed by atoms with van der Waals surface area (Å²) in [4.78, 5) is 13.4. The lowest BCUT2D eigenvalue weighted by Gasteiger charge is -2.09. The standard InChI is InChI=1S/C34H24N4O14S4/c39-33-21(13-29(55(47,48)49)25-3-1-11-35-31(25)33)17-37-23-9-7-19(27(15-23)53(41,42)43)5-6-20-8-10-24(16-28(20)54(44,45)46)38-18-22-14-30(56(50,51)52)26-4-2-12-36-32(26)34(22)40/h1-18,39-40H,(H,41,42,43)(H,44,45,46)(H,47,48,49)(H,50,51,52)/b6-5-,37-17?,38-18?. The van der Waals surface area contributed by atoms with Crippen LogP contribution >= 0.6 is 0 Å². The third kappa shape index (κ3) is 8.31. The van der Waals surface area contributed by atoms with E-state index in [0.29, 0.717) is 0 Å². The van der Waals surface area contributed by atoms with Crippen LogP contribution in [-0.4, -0.2) is 84.5 Å². The molecule has 6 rings (SSSR count). The number of aromatic nitrogens is 2. The van der Waals surface area contributed by atoms with Gasteiger partial charge in [0.25, 0.3) is 40.5 Å². The summed E-state index contributed by atoms with van der Waals surface area (Å²) >= 11 is 0. The molecule has 22 heteroatoms. The molecule has 56 heavy (non-hydrogen) atoms. The fourth-order valence-electron chi connectivity index (χ4n) is 5.45. The number of fused-ring (bicyclic) bond motifs is 2. The van der Waals surface area contributed by atoms with E-state index in [4.69, 9.17) is 0 Å². The van der Waals surface area contributed by atoms with E-state index < -0.39 is 71.6 Å². The van der Waals surface area contributed by atoms with Gasteiger partial charge in [0.1, 0.15) is 30.6 Å². The third-order valence-electron chi connectivity index (χ3n) is 7.97. The molecule has 0 fully saturated rings. The van der Waals surface area contributed by atoms with Crippen molar-refractivity contribution < 1.29 is 62.1 Å². The van der Waals surface area contributed by atoms with Gasteiger partial charge in [-0.3, -0.25) is 38.2 Å². The van der Waals surface area contributed by atoms with Gasteiger partial charge in [-0.15, -0.1) is 0 Å². The molecule has 6 aromatic rings. The van der Waals surface area contributed by atoms with Crippen molar-refractivity contribution >= 4 is 98.2 Å². The van der Waals surface area contributed by atoms with Crippen LogP contribution in [0.25, 0.3) is 34.0 Å². The Morgan fingerprint density at radius 3 is 1.16 bits per heavy atom. The Labute approximate surface area is 317 Å². The molecule has 0 aliphatic carbocycles. The largest absolute Gasteiger partial charge is 0.505 e. The minimum atomic E-state index is -4.98. The fourth-order valence-corrected chi connectivity index (χ4v) is 8.30. The minimum absolute atomic E-state index is 0.0788. The lowest BCUT2D eigenvalue weighted by atomic mass is 10.1. The van der Waals surface area contributed by atoms with E-state index in [-0.39, 0.29) is 55.4 Å². The Kier molecular flexibility index (Phi) is 10.3. The number of phenolic OH excluding ortho intramolecular Hbond substituents is 2. The van der Waals surface area contributed by atoms with E-state index in [1.54, 1.807) is 0 Å². The van der Waals surface area contributed by atoms with E-state index in [2.05, 4.69) is 20.0 Å². The van der Waals surface area contributed by atoms with Crippen molar-refractivity contribution in [2.24, 2.45) is 9.98 Å². The van der Waals surface area contributed by atoms with Gasteiger partial charge in [-0.1, -0.05) is 24.3 Å². The first kappa shape index (κ1) is 39.7. The van der Waals surface area contributed by atoms with Crippen LogP contribution < -0.4 is 0 Å². The van der Waals surface area contributed by atoms with E-state index in [9.17, 15) is 62.1 Å². The molecular formula is C34H24N4O14S4. The Morgan fingerprint density at radius 2 is 0.821 bits per heavy atom. The monoisotopic (exact) mass is 840 g/mol. The summed E-state index contributed by atoms with van der Waals surface area (Å²) in [5.74, 6) is -1.01. The first-order valence-electron chi connectivity index (χ1n) is 15.3. The van der Waals surface area contributed by atoms with Gasteiger partial charge < -0.3 is 10.2 Å². The molecule has 288 valence electrons. The highest BCUT2D eigenvalue weighted by Crippen LogP contribution is 2.34. The number of rotatable bonds is 10. The summed E-state index contributed by atoms with van der Waals surface area (Å²) in [5, 5.41) is 21.2. The maximum absolute atomic E-state index is 12.4. The SMILES string of the molecule is O=S(=O)(O)c1cc(N=Cc2cc(S(=O)(=O)O)c3cccnc3c2O)ccc1/C=C\c1ccc(N=Cc2cc(S(=O)(=O)O)c3cccnc3c2O)cc1S(=O)(=O)O. The van der Waals surface area contributed by atoms with Crippen molar-refractivity contribution in [2.45, 2.75) is 19.6 Å². The summed E-state index contributed by atoms with van der Waals surface area (Å²) in [6.07, 6.45) is 6.66. The van der Waals surface area contributed by atoms with Gasteiger partial charge in [-0.2, -0.15) is 33.7 Å². The van der Waals surface area contributed by atoms with Gasteiger partial charge in [0.15, 0.2) is 11.5 Å². The van der Waals surface area contributed by atoms with E-state index in [1.165, 1.54) is 60.9 Å². The van der Waals surface area contributed by atoms with Crippen LogP contribution in [0.5, 0.6) is 11.5 Å². The van der Waals surface area contributed by atoms with Crippen LogP contribution in [0.1, 0.15) is 22.3 Å².